The van der Waals surface area contributed by atoms with E-state index >= 15 is 0 Å². The van der Waals surface area contributed by atoms with Crippen LogP contribution in [0.4, 0.5) is 0 Å². The van der Waals surface area contributed by atoms with Gasteiger partial charge in [0.1, 0.15) is 5.75 Å². The molecular weight excluding hydrogens is 264 g/mol. The second-order valence-corrected chi connectivity index (χ2v) is 5.45. The molecule has 1 aromatic rings. The minimum atomic E-state index is 0.145. The van der Waals surface area contributed by atoms with Gasteiger partial charge in [0.25, 0.3) is 0 Å². The van der Waals surface area contributed by atoms with Crippen LogP contribution in [0, 0.1) is 0 Å². The molecule has 4 nitrogen and oxygen atoms in total. The number of hydrogen-bond donors (Lipinski definition) is 1. The van der Waals surface area contributed by atoms with Gasteiger partial charge in [-0.15, -0.1) is 0 Å². The number of rotatable bonds is 6. The second-order valence-electron chi connectivity index (χ2n) is 5.45. The Balaban J connectivity index is 1.77. The fourth-order valence-electron chi connectivity index (χ4n) is 2.29. The van der Waals surface area contributed by atoms with Crippen LogP contribution in [0.15, 0.2) is 30.3 Å². The smallest absolute Gasteiger partial charge is 0.222 e. The normalized spacial score (nSPS) is 14.5. The van der Waals surface area contributed by atoms with Crippen molar-refractivity contribution in [2.24, 2.45) is 0 Å². The number of nitrogens with zero attached hydrogens (tertiary/aromatic N) is 1. The van der Waals surface area contributed by atoms with Gasteiger partial charge in [-0.1, -0.05) is 18.2 Å². The zero-order chi connectivity index (χ0) is 15.1. The molecule has 1 aromatic carbocycles. The highest BCUT2D eigenvalue weighted by molar-refractivity contribution is 5.75. The lowest BCUT2D eigenvalue weighted by Gasteiger charge is -2.14. The number of carbonyl (C=O) groups excluding carboxylic acids is 1. The van der Waals surface area contributed by atoms with Gasteiger partial charge >= 0.3 is 0 Å². The summed E-state index contributed by atoms with van der Waals surface area (Å²) in [5.41, 5.74) is 2.67. The Morgan fingerprint density at radius 2 is 2.05 bits per heavy atom. The van der Waals surface area contributed by atoms with E-state index in [0.29, 0.717) is 13.0 Å². The van der Waals surface area contributed by atoms with Crippen molar-refractivity contribution in [2.75, 3.05) is 33.8 Å². The summed E-state index contributed by atoms with van der Waals surface area (Å²) < 4.78 is 5.68. The van der Waals surface area contributed by atoms with E-state index in [1.54, 1.807) is 19.0 Å². The van der Waals surface area contributed by atoms with Crippen LogP contribution in [-0.2, 0) is 4.79 Å². The minimum absolute atomic E-state index is 0.145. The lowest BCUT2D eigenvalue weighted by Crippen LogP contribution is -2.21. The molecule has 0 spiro atoms. The maximum absolute atomic E-state index is 11.4. The molecule has 1 aliphatic rings. The van der Waals surface area contributed by atoms with Gasteiger partial charge in [-0.3, -0.25) is 4.79 Å². The molecule has 2 rings (SSSR count). The Bertz CT molecular complexity index is 492. The van der Waals surface area contributed by atoms with Crippen molar-refractivity contribution >= 4 is 11.5 Å². The van der Waals surface area contributed by atoms with Gasteiger partial charge < -0.3 is 15.0 Å². The molecule has 0 aromatic heterocycles. The van der Waals surface area contributed by atoms with E-state index in [1.807, 2.05) is 12.1 Å². The Morgan fingerprint density at radius 3 is 2.67 bits per heavy atom. The van der Waals surface area contributed by atoms with Crippen molar-refractivity contribution in [3.63, 3.8) is 0 Å². The van der Waals surface area contributed by atoms with E-state index in [1.165, 1.54) is 11.1 Å². The third kappa shape index (κ3) is 4.90. The predicted octanol–water partition coefficient (Wildman–Crippen LogP) is 2.31. The maximum atomic E-state index is 11.4. The lowest BCUT2D eigenvalue weighted by molar-refractivity contribution is -0.128. The number of amides is 1. The van der Waals surface area contributed by atoms with Crippen LogP contribution in [0.3, 0.4) is 0 Å². The van der Waals surface area contributed by atoms with E-state index in [4.69, 9.17) is 4.74 Å². The SMILES string of the molecule is CN(C)C(=O)CCCOc1ccc(C2=CCNCC2)cc1. The zero-order valence-corrected chi connectivity index (χ0v) is 12.9. The van der Waals surface area contributed by atoms with E-state index in [-0.39, 0.29) is 5.91 Å². The molecule has 1 amide bonds. The summed E-state index contributed by atoms with van der Waals surface area (Å²) >= 11 is 0. The van der Waals surface area contributed by atoms with Gasteiger partial charge in [0, 0.05) is 27.1 Å². The van der Waals surface area contributed by atoms with Crippen molar-refractivity contribution in [1.29, 1.82) is 0 Å². The molecule has 114 valence electrons. The molecule has 1 heterocycles. The molecule has 1 aliphatic heterocycles. The second kappa shape index (κ2) is 7.84. The van der Waals surface area contributed by atoms with Gasteiger partial charge in [0.05, 0.1) is 6.61 Å². The summed E-state index contributed by atoms with van der Waals surface area (Å²) in [6.07, 6.45) is 4.60. The highest BCUT2D eigenvalue weighted by atomic mass is 16.5. The molecule has 0 fully saturated rings. The first-order valence-electron chi connectivity index (χ1n) is 7.50. The summed E-state index contributed by atoms with van der Waals surface area (Å²) in [5.74, 6) is 1.01. The number of benzene rings is 1. The van der Waals surface area contributed by atoms with E-state index in [0.717, 1.165) is 31.7 Å². The molecule has 0 bridgehead atoms. The summed E-state index contributed by atoms with van der Waals surface area (Å²) in [4.78, 5) is 13.0. The van der Waals surface area contributed by atoms with Crippen molar-refractivity contribution < 1.29 is 9.53 Å². The van der Waals surface area contributed by atoms with Crippen LogP contribution in [0.2, 0.25) is 0 Å². The molecule has 0 unspecified atom stereocenters. The monoisotopic (exact) mass is 288 g/mol. The Morgan fingerprint density at radius 1 is 1.29 bits per heavy atom. The van der Waals surface area contributed by atoms with Crippen molar-refractivity contribution in [3.8, 4) is 5.75 Å². The molecule has 0 saturated carbocycles. The van der Waals surface area contributed by atoms with Gasteiger partial charge in [-0.2, -0.15) is 0 Å². The number of nitrogens with one attached hydrogen (secondary N) is 1. The summed E-state index contributed by atoms with van der Waals surface area (Å²) in [6.45, 7) is 2.57. The van der Waals surface area contributed by atoms with E-state index < -0.39 is 0 Å². The molecule has 0 radical (unpaired) electrons. The predicted molar refractivity (Wildman–Crippen MR) is 85.3 cm³/mol. The molecule has 0 saturated heterocycles. The van der Waals surface area contributed by atoms with Crippen LogP contribution >= 0.6 is 0 Å². The Kier molecular flexibility index (Phi) is 5.81. The lowest BCUT2D eigenvalue weighted by atomic mass is 10.0. The molecular formula is C17H24N2O2. The van der Waals surface area contributed by atoms with E-state index in [2.05, 4.69) is 23.5 Å². The van der Waals surface area contributed by atoms with Crippen LogP contribution in [0.5, 0.6) is 5.75 Å². The first kappa shape index (κ1) is 15.6. The average molecular weight is 288 g/mol. The van der Waals surface area contributed by atoms with Crippen LogP contribution in [0.25, 0.3) is 5.57 Å². The fraction of sp³-hybridized carbons (Fsp3) is 0.471. The first-order chi connectivity index (χ1) is 10.2. The molecule has 0 atom stereocenters. The van der Waals surface area contributed by atoms with E-state index in [9.17, 15) is 4.79 Å². The third-order valence-corrected chi connectivity index (χ3v) is 3.59. The van der Waals surface area contributed by atoms with Gasteiger partial charge in [-0.05, 0) is 42.7 Å². The quantitative estimate of drug-likeness (QED) is 0.817. The Hall–Kier alpha value is -1.81. The zero-order valence-electron chi connectivity index (χ0n) is 12.9. The molecule has 4 heteroatoms. The van der Waals surface area contributed by atoms with Crippen molar-refractivity contribution in [3.05, 3.63) is 35.9 Å². The van der Waals surface area contributed by atoms with Gasteiger partial charge in [0.15, 0.2) is 0 Å². The van der Waals surface area contributed by atoms with Gasteiger partial charge in [-0.25, -0.2) is 0 Å². The number of carbonyl (C=O) groups is 1. The van der Waals surface area contributed by atoms with Crippen LogP contribution in [0.1, 0.15) is 24.8 Å². The summed E-state index contributed by atoms with van der Waals surface area (Å²) in [5, 5.41) is 3.32. The van der Waals surface area contributed by atoms with Crippen LogP contribution < -0.4 is 10.1 Å². The largest absolute Gasteiger partial charge is 0.494 e. The minimum Gasteiger partial charge on any atom is -0.494 e. The van der Waals surface area contributed by atoms with Crippen molar-refractivity contribution in [2.45, 2.75) is 19.3 Å². The van der Waals surface area contributed by atoms with Crippen LogP contribution in [-0.4, -0.2) is 44.6 Å². The number of ether oxygens (including phenoxy) is 1. The molecule has 21 heavy (non-hydrogen) atoms. The average Bonchev–Trinajstić information content (AvgIpc) is 2.52. The fourth-order valence-corrected chi connectivity index (χ4v) is 2.29. The summed E-state index contributed by atoms with van der Waals surface area (Å²) in [7, 11) is 3.55. The highest BCUT2D eigenvalue weighted by Gasteiger charge is 2.06. The third-order valence-electron chi connectivity index (χ3n) is 3.59. The summed E-state index contributed by atoms with van der Waals surface area (Å²) in [6, 6.07) is 8.23. The highest BCUT2D eigenvalue weighted by Crippen LogP contribution is 2.22. The first-order valence-corrected chi connectivity index (χ1v) is 7.50. The maximum Gasteiger partial charge on any atom is 0.222 e. The Labute approximate surface area is 126 Å². The van der Waals surface area contributed by atoms with Gasteiger partial charge in [0.2, 0.25) is 5.91 Å². The topological polar surface area (TPSA) is 41.6 Å². The van der Waals surface area contributed by atoms with Crippen molar-refractivity contribution in [1.82, 2.24) is 10.2 Å². The molecule has 0 aliphatic carbocycles. The molecule has 1 N–H and O–H groups in total. The standard InChI is InChI=1S/C17H24N2O2/c1-19(2)17(20)4-3-13-21-16-7-5-14(6-8-16)15-9-11-18-12-10-15/h5-9,18H,3-4,10-13H2,1-2H3. The number of hydrogen-bond acceptors (Lipinski definition) is 3.